The number of carbonyl (C=O) groups excluding carboxylic acids is 1. The highest BCUT2D eigenvalue weighted by molar-refractivity contribution is 5.78. The van der Waals surface area contributed by atoms with Crippen LogP contribution in [-0.2, 0) is 9.53 Å². The second-order valence-corrected chi connectivity index (χ2v) is 6.40. The van der Waals surface area contributed by atoms with Crippen molar-refractivity contribution in [1.82, 2.24) is 15.5 Å². The number of hydrogen-bond donors (Lipinski definition) is 2. The summed E-state index contributed by atoms with van der Waals surface area (Å²) in [6, 6.07) is 0.311. The van der Waals surface area contributed by atoms with Gasteiger partial charge < -0.3 is 15.4 Å². The second-order valence-electron chi connectivity index (χ2n) is 6.40. The monoisotopic (exact) mass is 297 g/mol. The topological polar surface area (TPSA) is 53.6 Å². The number of rotatable bonds is 7. The average Bonchev–Trinajstić information content (AvgIpc) is 2.49. The SMILES string of the molecule is CCCN(CC(=O)NC1CCOCC1)CC1CCCNC1. The zero-order valence-electron chi connectivity index (χ0n) is 13.4. The number of piperidine rings is 1. The molecule has 0 aromatic rings. The highest BCUT2D eigenvalue weighted by atomic mass is 16.5. The van der Waals surface area contributed by atoms with Gasteiger partial charge in [-0.25, -0.2) is 0 Å². The van der Waals surface area contributed by atoms with Gasteiger partial charge in [0.05, 0.1) is 6.54 Å². The lowest BCUT2D eigenvalue weighted by Crippen LogP contribution is -2.46. The molecule has 122 valence electrons. The number of nitrogens with one attached hydrogen (secondary N) is 2. The fraction of sp³-hybridized carbons (Fsp3) is 0.938. The van der Waals surface area contributed by atoms with E-state index in [9.17, 15) is 4.79 Å². The van der Waals surface area contributed by atoms with Crippen LogP contribution in [0.25, 0.3) is 0 Å². The molecule has 2 N–H and O–H groups in total. The van der Waals surface area contributed by atoms with Crippen LogP contribution >= 0.6 is 0 Å². The van der Waals surface area contributed by atoms with Crippen molar-refractivity contribution in [3.05, 3.63) is 0 Å². The third-order valence-corrected chi connectivity index (χ3v) is 4.41. The summed E-state index contributed by atoms with van der Waals surface area (Å²) in [7, 11) is 0. The Morgan fingerprint density at radius 2 is 2.14 bits per heavy atom. The summed E-state index contributed by atoms with van der Waals surface area (Å²) >= 11 is 0. The fourth-order valence-electron chi connectivity index (χ4n) is 3.31. The molecule has 0 aromatic carbocycles. The van der Waals surface area contributed by atoms with Gasteiger partial charge in [-0.05, 0) is 57.7 Å². The average molecular weight is 297 g/mol. The molecule has 0 spiro atoms. The molecule has 2 aliphatic heterocycles. The molecule has 0 bridgehead atoms. The van der Waals surface area contributed by atoms with Gasteiger partial charge in [0.2, 0.25) is 5.91 Å². The zero-order valence-corrected chi connectivity index (χ0v) is 13.4. The van der Waals surface area contributed by atoms with Gasteiger partial charge in [0, 0.05) is 25.8 Å². The minimum atomic E-state index is 0.180. The van der Waals surface area contributed by atoms with Crippen LogP contribution in [0.15, 0.2) is 0 Å². The van der Waals surface area contributed by atoms with Crippen molar-refractivity contribution in [2.45, 2.75) is 45.1 Å². The standard InChI is InChI=1S/C16H31N3O2/c1-2-8-19(12-14-4-3-7-17-11-14)13-16(20)18-15-5-9-21-10-6-15/h14-15,17H,2-13H2,1H3,(H,18,20). The van der Waals surface area contributed by atoms with Gasteiger partial charge in [0.1, 0.15) is 0 Å². The molecule has 2 rings (SSSR count). The Labute approximate surface area is 128 Å². The van der Waals surface area contributed by atoms with E-state index in [2.05, 4.69) is 22.5 Å². The largest absolute Gasteiger partial charge is 0.381 e. The van der Waals surface area contributed by atoms with E-state index in [0.29, 0.717) is 18.5 Å². The van der Waals surface area contributed by atoms with Gasteiger partial charge in [-0.3, -0.25) is 9.69 Å². The normalized spacial score (nSPS) is 24.2. The molecule has 5 heteroatoms. The smallest absolute Gasteiger partial charge is 0.234 e. The second kappa shape index (κ2) is 9.38. The summed E-state index contributed by atoms with van der Waals surface area (Å²) in [6.07, 6.45) is 5.55. The minimum absolute atomic E-state index is 0.180. The van der Waals surface area contributed by atoms with Crippen molar-refractivity contribution in [3.8, 4) is 0 Å². The van der Waals surface area contributed by atoms with E-state index in [1.165, 1.54) is 12.8 Å². The van der Waals surface area contributed by atoms with Crippen molar-refractivity contribution < 1.29 is 9.53 Å². The molecule has 0 radical (unpaired) electrons. The van der Waals surface area contributed by atoms with Gasteiger partial charge in [-0.2, -0.15) is 0 Å². The van der Waals surface area contributed by atoms with Crippen LogP contribution in [0.3, 0.4) is 0 Å². The van der Waals surface area contributed by atoms with E-state index in [1.807, 2.05) is 0 Å². The summed E-state index contributed by atoms with van der Waals surface area (Å²) in [4.78, 5) is 14.6. The number of ether oxygens (including phenoxy) is 1. The first kappa shape index (κ1) is 16.7. The van der Waals surface area contributed by atoms with Crippen LogP contribution in [-0.4, -0.2) is 62.8 Å². The number of carbonyl (C=O) groups is 1. The maximum absolute atomic E-state index is 12.2. The van der Waals surface area contributed by atoms with E-state index in [4.69, 9.17) is 4.74 Å². The summed E-state index contributed by atoms with van der Waals surface area (Å²) < 4.78 is 5.33. The lowest BCUT2D eigenvalue weighted by atomic mass is 9.99. The lowest BCUT2D eigenvalue weighted by Gasteiger charge is -2.30. The molecule has 2 saturated heterocycles. The first-order valence-electron chi connectivity index (χ1n) is 8.58. The molecule has 0 aliphatic carbocycles. The van der Waals surface area contributed by atoms with Crippen molar-refractivity contribution in [1.29, 1.82) is 0 Å². The van der Waals surface area contributed by atoms with Gasteiger partial charge in [0.15, 0.2) is 0 Å². The van der Waals surface area contributed by atoms with Crippen molar-refractivity contribution >= 4 is 5.91 Å². The first-order valence-corrected chi connectivity index (χ1v) is 8.58. The summed E-state index contributed by atoms with van der Waals surface area (Å²) in [5, 5.41) is 6.63. The van der Waals surface area contributed by atoms with Crippen LogP contribution in [0.1, 0.15) is 39.0 Å². The Balaban J connectivity index is 1.73. The maximum atomic E-state index is 12.2. The van der Waals surface area contributed by atoms with Gasteiger partial charge in [0.25, 0.3) is 0 Å². The van der Waals surface area contributed by atoms with Crippen molar-refractivity contribution in [2.24, 2.45) is 5.92 Å². The molecular formula is C16H31N3O2. The van der Waals surface area contributed by atoms with Crippen LogP contribution in [0.4, 0.5) is 0 Å². The maximum Gasteiger partial charge on any atom is 0.234 e. The van der Waals surface area contributed by atoms with Gasteiger partial charge in [-0.15, -0.1) is 0 Å². The number of hydrogen-bond acceptors (Lipinski definition) is 4. The van der Waals surface area contributed by atoms with E-state index < -0.39 is 0 Å². The molecule has 2 aliphatic rings. The molecule has 0 aromatic heterocycles. The summed E-state index contributed by atoms with van der Waals surface area (Å²) in [6.45, 7) is 8.58. The molecule has 1 amide bonds. The van der Waals surface area contributed by atoms with Crippen molar-refractivity contribution in [2.75, 3.05) is 45.9 Å². The van der Waals surface area contributed by atoms with E-state index in [0.717, 1.165) is 58.7 Å². The predicted molar refractivity (Wildman–Crippen MR) is 84.3 cm³/mol. The highest BCUT2D eigenvalue weighted by Crippen LogP contribution is 2.12. The lowest BCUT2D eigenvalue weighted by molar-refractivity contribution is -0.123. The van der Waals surface area contributed by atoms with E-state index in [1.54, 1.807) is 0 Å². The Bertz CT molecular complexity index is 300. The van der Waals surface area contributed by atoms with Crippen molar-refractivity contribution in [3.63, 3.8) is 0 Å². The molecule has 5 nitrogen and oxygen atoms in total. The van der Waals surface area contributed by atoms with Gasteiger partial charge in [-0.1, -0.05) is 6.92 Å². The zero-order chi connectivity index (χ0) is 14.9. The molecule has 0 saturated carbocycles. The minimum Gasteiger partial charge on any atom is -0.381 e. The Kier molecular flexibility index (Phi) is 7.47. The van der Waals surface area contributed by atoms with Crippen LogP contribution < -0.4 is 10.6 Å². The van der Waals surface area contributed by atoms with Crippen LogP contribution in [0.5, 0.6) is 0 Å². The quantitative estimate of drug-likeness (QED) is 0.736. The molecule has 1 atom stereocenters. The Morgan fingerprint density at radius 1 is 1.33 bits per heavy atom. The molecule has 2 fully saturated rings. The van der Waals surface area contributed by atoms with Crippen LogP contribution in [0, 0.1) is 5.92 Å². The Morgan fingerprint density at radius 3 is 2.81 bits per heavy atom. The van der Waals surface area contributed by atoms with E-state index in [-0.39, 0.29) is 5.91 Å². The molecule has 21 heavy (non-hydrogen) atoms. The molecule has 2 heterocycles. The third-order valence-electron chi connectivity index (χ3n) is 4.41. The van der Waals surface area contributed by atoms with Gasteiger partial charge >= 0.3 is 0 Å². The Hall–Kier alpha value is -0.650. The van der Waals surface area contributed by atoms with E-state index >= 15 is 0 Å². The predicted octanol–water partition coefficient (Wildman–Crippen LogP) is 0.993. The van der Waals surface area contributed by atoms with Crippen LogP contribution in [0.2, 0.25) is 0 Å². The molecule has 1 unspecified atom stereocenters. The fourth-order valence-corrected chi connectivity index (χ4v) is 3.31. The first-order chi connectivity index (χ1) is 10.3. The summed E-state index contributed by atoms with van der Waals surface area (Å²) in [5.74, 6) is 0.875. The highest BCUT2D eigenvalue weighted by Gasteiger charge is 2.20. The number of nitrogens with zero attached hydrogens (tertiary/aromatic N) is 1. The third kappa shape index (κ3) is 6.32. The molecular weight excluding hydrogens is 266 g/mol. The summed E-state index contributed by atoms with van der Waals surface area (Å²) in [5.41, 5.74) is 0. The number of amides is 1.